The summed E-state index contributed by atoms with van der Waals surface area (Å²) in [5.74, 6) is 0. The lowest BCUT2D eigenvalue weighted by atomic mass is 10.3. The molecule has 10 heteroatoms. The van der Waals surface area contributed by atoms with Gasteiger partial charge in [-0.05, 0) is 30.3 Å². The first-order chi connectivity index (χ1) is 10.4. The Morgan fingerprint density at radius 3 is 2.73 bits per heavy atom. The second-order valence-electron chi connectivity index (χ2n) is 4.09. The van der Waals surface area contributed by atoms with E-state index in [1.54, 1.807) is 24.4 Å². The summed E-state index contributed by atoms with van der Waals surface area (Å²) in [6, 6.07) is 8.98. The predicted octanol–water partition coefficient (Wildman–Crippen LogP) is 2.64. The fraction of sp³-hybridized carbons (Fsp3) is 0.0833. The van der Waals surface area contributed by atoms with Crippen LogP contribution in [0.2, 0.25) is 5.02 Å². The second kappa shape index (κ2) is 7.42. The van der Waals surface area contributed by atoms with Crippen molar-refractivity contribution in [1.29, 1.82) is 0 Å². The minimum Gasteiger partial charge on any atom is -0.277 e. The minimum atomic E-state index is -3.90. The van der Waals surface area contributed by atoms with Gasteiger partial charge in [0.05, 0.1) is 22.9 Å². The van der Waals surface area contributed by atoms with Gasteiger partial charge in [-0.1, -0.05) is 17.7 Å². The minimum absolute atomic E-state index is 0.00105. The standard InChI is InChI=1S/C12H11ClIN3O4S/c13-11-5-4-10(17(19)14-18)7-12(11)22(20,21)16-8-9-3-1-2-6-15-9/h1-7,16,19H,8H2. The van der Waals surface area contributed by atoms with E-state index in [0.717, 1.165) is 6.07 Å². The number of rotatable bonds is 6. The van der Waals surface area contributed by atoms with Gasteiger partial charge in [-0.15, -0.1) is 0 Å². The quantitative estimate of drug-likeness (QED) is 0.395. The molecule has 0 amide bonds. The maximum absolute atomic E-state index is 12.3. The Hall–Kier alpha value is -1.14. The summed E-state index contributed by atoms with van der Waals surface area (Å²) < 4.78 is 38.2. The molecule has 0 radical (unpaired) electrons. The van der Waals surface area contributed by atoms with Crippen LogP contribution in [-0.4, -0.2) is 18.6 Å². The van der Waals surface area contributed by atoms with Gasteiger partial charge in [-0.3, -0.25) is 10.2 Å². The first kappa shape index (κ1) is 17.2. The molecule has 1 aromatic carbocycles. The van der Waals surface area contributed by atoms with Crippen molar-refractivity contribution in [3.05, 3.63) is 53.3 Å². The summed E-state index contributed by atoms with van der Waals surface area (Å²) in [5, 5.41) is 9.41. The van der Waals surface area contributed by atoms with Crippen LogP contribution in [0.1, 0.15) is 5.69 Å². The fourth-order valence-corrected chi connectivity index (χ4v) is 3.65. The highest BCUT2D eigenvalue weighted by molar-refractivity contribution is 14.1. The first-order valence-electron chi connectivity index (χ1n) is 5.89. The molecule has 0 saturated heterocycles. The summed E-state index contributed by atoms with van der Waals surface area (Å²) >= 11 is 4.04. The smallest absolute Gasteiger partial charge is 0.277 e. The summed E-state index contributed by atoms with van der Waals surface area (Å²) in [6.07, 6.45) is 1.55. The lowest BCUT2D eigenvalue weighted by Crippen LogP contribution is -2.24. The number of benzene rings is 1. The number of halogens is 2. The second-order valence-corrected chi connectivity index (χ2v) is 7.54. The Balaban J connectivity index is 2.27. The van der Waals surface area contributed by atoms with Gasteiger partial charge in [-0.2, -0.15) is 3.28 Å². The number of nitrogens with one attached hydrogen (secondary N) is 1. The van der Waals surface area contributed by atoms with E-state index in [1.807, 2.05) is 0 Å². The van der Waals surface area contributed by atoms with Gasteiger partial charge in [0.2, 0.25) is 10.0 Å². The average molecular weight is 456 g/mol. The molecule has 118 valence electrons. The third kappa shape index (κ3) is 4.20. The first-order valence-corrected chi connectivity index (χ1v) is 9.60. The van der Waals surface area contributed by atoms with Gasteiger partial charge in [0.15, 0.2) is 0 Å². The molecule has 2 N–H and O–H groups in total. The van der Waals surface area contributed by atoms with E-state index in [2.05, 4.69) is 9.71 Å². The molecule has 0 unspecified atom stereocenters. The highest BCUT2D eigenvalue weighted by Crippen LogP contribution is 2.28. The Morgan fingerprint density at radius 2 is 2.09 bits per heavy atom. The third-order valence-electron chi connectivity index (χ3n) is 2.65. The van der Waals surface area contributed by atoms with Gasteiger partial charge in [0.1, 0.15) is 4.90 Å². The number of sulfonamides is 1. The van der Waals surface area contributed by atoms with E-state index in [0.29, 0.717) is 8.97 Å². The zero-order chi connectivity index (χ0) is 16.2. The summed E-state index contributed by atoms with van der Waals surface area (Å²) in [7, 11) is -3.90. The van der Waals surface area contributed by atoms with Crippen LogP contribution in [-0.2, 0) is 19.6 Å². The van der Waals surface area contributed by atoms with E-state index in [1.165, 1.54) is 12.1 Å². The average Bonchev–Trinajstić information content (AvgIpc) is 2.53. The maximum Gasteiger partial charge on any atom is 0.300 e. The van der Waals surface area contributed by atoms with Gasteiger partial charge >= 0.3 is 0 Å². The van der Waals surface area contributed by atoms with Crippen LogP contribution in [0, 0.1) is 0 Å². The molecular weight excluding hydrogens is 445 g/mol. The molecule has 0 fully saturated rings. The van der Waals surface area contributed by atoms with Crippen molar-refractivity contribution < 1.29 is 16.7 Å². The largest absolute Gasteiger partial charge is 0.300 e. The molecular formula is C12H11ClIN3O4S. The molecule has 2 rings (SSSR count). The van der Waals surface area contributed by atoms with Gasteiger partial charge < -0.3 is 0 Å². The van der Waals surface area contributed by atoms with Crippen molar-refractivity contribution >= 4 is 48.8 Å². The number of pyridine rings is 1. The van der Waals surface area contributed by atoms with Crippen molar-refractivity contribution in [3.63, 3.8) is 0 Å². The number of aromatic nitrogens is 1. The SMILES string of the molecule is O=IN(O)c1ccc(Cl)c(S(=O)(=O)NCc2ccccn2)c1. The Labute approximate surface area is 142 Å². The molecule has 0 aliphatic carbocycles. The van der Waals surface area contributed by atoms with Crippen molar-refractivity contribution in [2.24, 2.45) is 0 Å². The number of anilines is 1. The van der Waals surface area contributed by atoms with E-state index in [9.17, 15) is 16.7 Å². The van der Waals surface area contributed by atoms with Crippen LogP contribution < -0.4 is 8.00 Å². The lowest BCUT2D eigenvalue weighted by molar-refractivity contribution is 0.344. The zero-order valence-corrected chi connectivity index (χ0v) is 14.7. The van der Waals surface area contributed by atoms with Crippen molar-refractivity contribution in [3.8, 4) is 0 Å². The van der Waals surface area contributed by atoms with E-state index in [-0.39, 0.29) is 22.2 Å². The topological polar surface area (TPSA) is 99.6 Å². The molecule has 1 heterocycles. The van der Waals surface area contributed by atoms with Crippen LogP contribution in [0.5, 0.6) is 0 Å². The van der Waals surface area contributed by atoms with E-state index in [4.69, 9.17) is 11.6 Å². The molecule has 7 nitrogen and oxygen atoms in total. The molecule has 22 heavy (non-hydrogen) atoms. The van der Waals surface area contributed by atoms with E-state index < -0.39 is 31.5 Å². The molecule has 1 aromatic heterocycles. The van der Waals surface area contributed by atoms with Crippen LogP contribution in [0.4, 0.5) is 5.69 Å². The van der Waals surface area contributed by atoms with E-state index >= 15 is 0 Å². The van der Waals surface area contributed by atoms with Crippen molar-refractivity contribution in [1.82, 2.24) is 9.71 Å². The Kier molecular flexibility index (Phi) is 5.81. The maximum atomic E-state index is 12.3. The number of hydrogen-bond donors (Lipinski definition) is 2. The van der Waals surface area contributed by atoms with Crippen molar-refractivity contribution in [2.75, 3.05) is 3.28 Å². The van der Waals surface area contributed by atoms with Crippen LogP contribution in [0.15, 0.2) is 47.5 Å². The summed E-state index contributed by atoms with van der Waals surface area (Å²) in [4.78, 5) is 3.80. The molecule has 0 atom stereocenters. The third-order valence-corrected chi connectivity index (χ3v) is 5.47. The van der Waals surface area contributed by atoms with Gasteiger partial charge in [0, 0.05) is 6.20 Å². The summed E-state index contributed by atoms with van der Waals surface area (Å²) in [5.41, 5.74) is 0.637. The Morgan fingerprint density at radius 1 is 1.32 bits per heavy atom. The molecule has 0 aliphatic heterocycles. The molecule has 0 spiro atoms. The van der Waals surface area contributed by atoms with Gasteiger partial charge in [0.25, 0.3) is 21.5 Å². The molecule has 2 aromatic rings. The molecule has 0 aliphatic rings. The summed E-state index contributed by atoms with van der Waals surface area (Å²) in [6.45, 7) is 0.00105. The molecule has 0 bridgehead atoms. The zero-order valence-electron chi connectivity index (χ0n) is 11.0. The van der Waals surface area contributed by atoms with Crippen LogP contribution >= 0.6 is 33.1 Å². The lowest BCUT2D eigenvalue weighted by Gasteiger charge is -2.12. The van der Waals surface area contributed by atoms with Crippen LogP contribution in [0.3, 0.4) is 0 Å². The highest BCUT2D eigenvalue weighted by Gasteiger charge is 2.20. The highest BCUT2D eigenvalue weighted by atomic mass is 127. The van der Waals surface area contributed by atoms with Gasteiger partial charge in [-0.25, -0.2) is 16.2 Å². The fourth-order valence-electron chi connectivity index (χ4n) is 1.60. The monoisotopic (exact) mass is 455 g/mol. The Bertz CT molecular complexity index is 773. The van der Waals surface area contributed by atoms with Crippen LogP contribution in [0.25, 0.3) is 0 Å². The number of hydrogen-bond acceptors (Lipinski definition) is 5. The number of nitrogens with zero attached hydrogens (tertiary/aromatic N) is 2. The molecule has 0 saturated carbocycles. The van der Waals surface area contributed by atoms with Crippen molar-refractivity contribution in [2.45, 2.75) is 11.4 Å². The predicted molar refractivity (Wildman–Crippen MR) is 88.7 cm³/mol. The normalized spacial score (nSPS) is 11.4.